The number of rotatable bonds is 7. The fourth-order valence-corrected chi connectivity index (χ4v) is 6.38. The zero-order valence-electron chi connectivity index (χ0n) is 17.5. The summed E-state index contributed by atoms with van der Waals surface area (Å²) in [5.74, 6) is 0.852. The third-order valence-electron chi connectivity index (χ3n) is 5.43. The maximum absolute atomic E-state index is 13.2. The molecule has 1 atom stereocenters. The van der Waals surface area contributed by atoms with Gasteiger partial charge in [-0.25, -0.2) is 8.42 Å². The Hall–Kier alpha value is -2.36. The van der Waals surface area contributed by atoms with Crippen molar-refractivity contribution in [2.75, 3.05) is 17.3 Å². The van der Waals surface area contributed by atoms with Crippen molar-refractivity contribution < 1.29 is 13.2 Å². The number of nitrogens with zero attached hydrogens (tertiary/aromatic N) is 4. The van der Waals surface area contributed by atoms with Gasteiger partial charge in [-0.2, -0.15) is 0 Å². The van der Waals surface area contributed by atoms with Crippen LogP contribution in [0.5, 0.6) is 0 Å². The first-order valence-electron chi connectivity index (χ1n) is 10.1. The summed E-state index contributed by atoms with van der Waals surface area (Å²) >= 11 is 7.26. The van der Waals surface area contributed by atoms with Gasteiger partial charge in [0.05, 0.1) is 17.3 Å². The first-order chi connectivity index (χ1) is 15.3. The fraction of sp³-hybridized carbons (Fsp3) is 0.318. The number of benzene rings is 2. The Kier molecular flexibility index (Phi) is 6.88. The SMILES string of the molecule is Cn1c(SCC(=O)N(Cc2ccccc2)[C@H]2CCS(=O)(=O)C2)nnc1-c1ccc(Cl)cc1. The number of carbonyl (C=O) groups excluding carboxylic acids is 1. The molecule has 0 saturated carbocycles. The van der Waals surface area contributed by atoms with Crippen molar-refractivity contribution in [2.45, 2.75) is 24.2 Å². The second-order valence-electron chi connectivity index (χ2n) is 7.72. The molecule has 1 aromatic heterocycles. The van der Waals surface area contributed by atoms with Crippen molar-refractivity contribution in [2.24, 2.45) is 7.05 Å². The van der Waals surface area contributed by atoms with Gasteiger partial charge in [-0.05, 0) is 36.2 Å². The Bertz CT molecular complexity index is 1200. The minimum absolute atomic E-state index is 0.0148. The molecule has 0 radical (unpaired) electrons. The highest BCUT2D eigenvalue weighted by molar-refractivity contribution is 7.99. The van der Waals surface area contributed by atoms with Gasteiger partial charge >= 0.3 is 0 Å². The lowest BCUT2D eigenvalue weighted by atomic mass is 10.1. The van der Waals surface area contributed by atoms with Crippen LogP contribution in [0.4, 0.5) is 0 Å². The zero-order chi connectivity index (χ0) is 22.7. The monoisotopic (exact) mass is 490 g/mol. The van der Waals surface area contributed by atoms with Crippen molar-refractivity contribution in [3.05, 3.63) is 65.2 Å². The molecule has 1 aliphatic rings. The fourth-order valence-electron chi connectivity index (χ4n) is 3.72. The van der Waals surface area contributed by atoms with Crippen LogP contribution in [0.1, 0.15) is 12.0 Å². The van der Waals surface area contributed by atoms with E-state index in [2.05, 4.69) is 10.2 Å². The van der Waals surface area contributed by atoms with Crippen LogP contribution in [0.3, 0.4) is 0 Å². The van der Waals surface area contributed by atoms with Gasteiger partial charge in [-0.3, -0.25) is 4.79 Å². The van der Waals surface area contributed by atoms with Crippen molar-refractivity contribution in [1.29, 1.82) is 0 Å². The van der Waals surface area contributed by atoms with E-state index in [4.69, 9.17) is 11.6 Å². The van der Waals surface area contributed by atoms with Crippen LogP contribution in [0.2, 0.25) is 5.02 Å². The number of halogens is 1. The molecule has 0 unspecified atom stereocenters. The molecule has 7 nitrogen and oxygen atoms in total. The minimum atomic E-state index is -3.11. The molecule has 2 aromatic carbocycles. The summed E-state index contributed by atoms with van der Waals surface area (Å²) in [6.45, 7) is 0.384. The van der Waals surface area contributed by atoms with Gasteiger partial charge in [0.15, 0.2) is 20.8 Å². The number of hydrogen-bond donors (Lipinski definition) is 0. The highest BCUT2D eigenvalue weighted by atomic mass is 35.5. The molecule has 1 fully saturated rings. The third-order valence-corrected chi connectivity index (χ3v) is 8.43. The number of sulfone groups is 1. The first-order valence-corrected chi connectivity index (χ1v) is 13.3. The Labute approximate surface area is 196 Å². The van der Waals surface area contributed by atoms with E-state index in [9.17, 15) is 13.2 Å². The number of amides is 1. The lowest BCUT2D eigenvalue weighted by Gasteiger charge is -2.28. The predicted molar refractivity (Wildman–Crippen MR) is 126 cm³/mol. The second-order valence-corrected chi connectivity index (χ2v) is 11.3. The summed E-state index contributed by atoms with van der Waals surface area (Å²) in [5, 5.41) is 9.73. The van der Waals surface area contributed by atoms with Gasteiger partial charge < -0.3 is 9.47 Å². The summed E-state index contributed by atoms with van der Waals surface area (Å²) in [6.07, 6.45) is 0.469. The topological polar surface area (TPSA) is 85.2 Å². The van der Waals surface area contributed by atoms with Gasteiger partial charge in [-0.15, -0.1) is 10.2 Å². The maximum atomic E-state index is 13.2. The normalized spacial score (nSPS) is 17.4. The Morgan fingerprint density at radius 3 is 2.53 bits per heavy atom. The summed E-state index contributed by atoms with van der Waals surface area (Å²) < 4.78 is 25.9. The average Bonchev–Trinajstić information content (AvgIpc) is 3.33. The van der Waals surface area contributed by atoms with E-state index < -0.39 is 9.84 Å². The summed E-state index contributed by atoms with van der Waals surface area (Å²) in [4.78, 5) is 14.9. The van der Waals surface area contributed by atoms with Crippen LogP contribution in [-0.2, 0) is 28.2 Å². The van der Waals surface area contributed by atoms with Crippen molar-refractivity contribution in [3.63, 3.8) is 0 Å². The quantitative estimate of drug-likeness (QED) is 0.471. The Morgan fingerprint density at radius 1 is 1.16 bits per heavy atom. The van der Waals surface area contributed by atoms with Crippen LogP contribution in [-0.4, -0.2) is 57.3 Å². The lowest BCUT2D eigenvalue weighted by molar-refractivity contribution is -0.130. The Balaban J connectivity index is 1.48. The van der Waals surface area contributed by atoms with Crippen LogP contribution in [0.25, 0.3) is 11.4 Å². The van der Waals surface area contributed by atoms with E-state index in [1.807, 2.05) is 54.1 Å². The van der Waals surface area contributed by atoms with E-state index >= 15 is 0 Å². The summed E-state index contributed by atoms with van der Waals surface area (Å²) in [6, 6.07) is 16.6. The van der Waals surface area contributed by atoms with Gasteiger partial charge in [-0.1, -0.05) is 53.7 Å². The number of hydrogen-bond acceptors (Lipinski definition) is 6. The molecule has 1 amide bonds. The number of aromatic nitrogens is 3. The van der Waals surface area contributed by atoms with E-state index in [-0.39, 0.29) is 29.2 Å². The van der Waals surface area contributed by atoms with Crippen molar-refractivity contribution in [3.8, 4) is 11.4 Å². The van der Waals surface area contributed by atoms with Gasteiger partial charge in [0.25, 0.3) is 0 Å². The van der Waals surface area contributed by atoms with Crippen LogP contribution >= 0.6 is 23.4 Å². The molecule has 0 N–H and O–H groups in total. The summed E-state index contributed by atoms with van der Waals surface area (Å²) in [7, 11) is -1.26. The number of thioether (sulfide) groups is 1. The van der Waals surface area contributed by atoms with Crippen molar-refractivity contribution in [1.82, 2.24) is 19.7 Å². The minimum Gasteiger partial charge on any atom is -0.334 e. The molecule has 0 aliphatic carbocycles. The van der Waals surface area contributed by atoms with Crippen LogP contribution in [0.15, 0.2) is 59.8 Å². The predicted octanol–water partition coefficient (Wildman–Crippen LogP) is 3.44. The Morgan fingerprint density at radius 2 is 1.88 bits per heavy atom. The molecule has 4 rings (SSSR count). The third kappa shape index (κ3) is 5.33. The highest BCUT2D eigenvalue weighted by Gasteiger charge is 2.34. The first kappa shape index (κ1) is 22.8. The second kappa shape index (κ2) is 9.64. The molecule has 0 bridgehead atoms. The van der Waals surface area contributed by atoms with E-state index in [0.29, 0.717) is 29.0 Å². The largest absolute Gasteiger partial charge is 0.334 e. The molecular formula is C22H23ClN4O3S2. The molecule has 1 aliphatic heterocycles. The molecule has 0 spiro atoms. The average molecular weight is 491 g/mol. The van der Waals surface area contributed by atoms with Crippen LogP contribution < -0.4 is 0 Å². The smallest absolute Gasteiger partial charge is 0.233 e. The van der Waals surface area contributed by atoms with E-state index in [0.717, 1.165) is 11.1 Å². The van der Waals surface area contributed by atoms with Crippen LogP contribution in [0, 0.1) is 0 Å². The van der Waals surface area contributed by atoms with Gasteiger partial charge in [0.1, 0.15) is 0 Å². The molecule has 3 aromatic rings. The van der Waals surface area contributed by atoms with Gasteiger partial charge in [0, 0.05) is 30.2 Å². The molecule has 32 heavy (non-hydrogen) atoms. The molecule has 168 valence electrons. The van der Waals surface area contributed by atoms with Gasteiger partial charge in [0.2, 0.25) is 5.91 Å². The molecule has 2 heterocycles. The number of carbonyl (C=O) groups is 1. The summed E-state index contributed by atoms with van der Waals surface area (Å²) in [5.41, 5.74) is 1.85. The maximum Gasteiger partial charge on any atom is 0.233 e. The molecule has 10 heteroatoms. The van der Waals surface area contributed by atoms with E-state index in [1.165, 1.54) is 11.8 Å². The van der Waals surface area contributed by atoms with E-state index in [1.54, 1.807) is 17.0 Å². The highest BCUT2D eigenvalue weighted by Crippen LogP contribution is 2.26. The molecule has 1 saturated heterocycles. The van der Waals surface area contributed by atoms with Crippen molar-refractivity contribution >= 4 is 39.1 Å². The molecular weight excluding hydrogens is 468 g/mol. The standard InChI is InChI=1S/C22H23ClN4O3S2/c1-26-21(17-7-9-18(23)10-8-17)24-25-22(26)31-14-20(28)27(13-16-5-3-2-4-6-16)19-11-12-32(29,30)15-19/h2-10,19H,11-15H2,1H3/t19-/m0/s1. The zero-order valence-corrected chi connectivity index (χ0v) is 19.9. The lowest BCUT2D eigenvalue weighted by Crippen LogP contribution is -2.41.